The highest BCUT2D eigenvalue weighted by Crippen LogP contribution is 2.22. The average Bonchev–Trinajstić information content (AvgIpc) is 2.00. The summed E-state index contributed by atoms with van der Waals surface area (Å²) in [4.78, 5) is 11.2. The van der Waals surface area contributed by atoms with Crippen molar-refractivity contribution in [3.05, 3.63) is 0 Å². The Balaban J connectivity index is 3.76. The van der Waals surface area contributed by atoms with Crippen LogP contribution in [0.15, 0.2) is 0 Å². The van der Waals surface area contributed by atoms with Gasteiger partial charge in [-0.25, -0.2) is 0 Å². The van der Waals surface area contributed by atoms with Crippen LogP contribution in [0, 0.1) is 11.3 Å². The van der Waals surface area contributed by atoms with Gasteiger partial charge in [0.05, 0.1) is 0 Å². The molecule has 1 N–H and O–H groups in total. The van der Waals surface area contributed by atoms with Crippen LogP contribution in [-0.4, -0.2) is 17.5 Å². The monoisotopic (exact) mass is 172 g/mol. The van der Waals surface area contributed by atoms with Gasteiger partial charge in [-0.05, 0) is 11.8 Å². The summed E-state index contributed by atoms with van der Waals surface area (Å²) in [6, 6.07) is 0. The minimum Gasteiger partial charge on any atom is -0.396 e. The minimum atomic E-state index is -0.107. The van der Waals surface area contributed by atoms with Crippen molar-refractivity contribution in [2.75, 3.05) is 6.61 Å². The van der Waals surface area contributed by atoms with E-state index in [2.05, 4.69) is 0 Å². The largest absolute Gasteiger partial charge is 0.396 e. The summed E-state index contributed by atoms with van der Waals surface area (Å²) in [5.41, 5.74) is -0.107. The number of carbonyl (C=O) groups is 1. The second kappa shape index (κ2) is 4.61. The van der Waals surface area contributed by atoms with Gasteiger partial charge < -0.3 is 5.11 Å². The fraction of sp³-hybridized carbons (Fsp3) is 0.900. The van der Waals surface area contributed by atoms with E-state index in [0.29, 0.717) is 6.42 Å². The molecule has 0 aliphatic carbocycles. The Morgan fingerprint density at radius 2 is 1.92 bits per heavy atom. The van der Waals surface area contributed by atoms with E-state index in [0.717, 1.165) is 6.42 Å². The van der Waals surface area contributed by atoms with E-state index in [-0.39, 0.29) is 23.7 Å². The highest BCUT2D eigenvalue weighted by atomic mass is 16.3. The fourth-order valence-corrected chi connectivity index (χ4v) is 0.829. The lowest BCUT2D eigenvalue weighted by atomic mass is 9.86. The van der Waals surface area contributed by atoms with E-state index in [1.165, 1.54) is 0 Å². The van der Waals surface area contributed by atoms with Crippen molar-refractivity contribution in [2.24, 2.45) is 11.3 Å². The molecule has 12 heavy (non-hydrogen) atoms. The third-order valence-corrected chi connectivity index (χ3v) is 2.12. The van der Waals surface area contributed by atoms with E-state index >= 15 is 0 Å². The standard InChI is InChI=1S/C10H20O2/c1-8(2)9(12)5-6-10(3,4)7-11/h8,11H,5-7H2,1-4H3. The highest BCUT2D eigenvalue weighted by Gasteiger charge is 2.18. The number of hydrogen-bond acceptors (Lipinski definition) is 2. The quantitative estimate of drug-likeness (QED) is 0.688. The normalized spacial score (nSPS) is 12.2. The van der Waals surface area contributed by atoms with Crippen molar-refractivity contribution >= 4 is 5.78 Å². The summed E-state index contributed by atoms with van der Waals surface area (Å²) in [6.07, 6.45) is 1.37. The van der Waals surface area contributed by atoms with Crippen molar-refractivity contribution in [1.29, 1.82) is 0 Å². The first kappa shape index (κ1) is 11.6. The molecular weight excluding hydrogens is 152 g/mol. The van der Waals surface area contributed by atoms with Gasteiger partial charge in [-0.15, -0.1) is 0 Å². The SMILES string of the molecule is CC(C)C(=O)CCC(C)(C)CO. The first-order chi connectivity index (χ1) is 5.39. The lowest BCUT2D eigenvalue weighted by molar-refractivity contribution is -0.122. The summed E-state index contributed by atoms with van der Waals surface area (Å²) in [5.74, 6) is 0.413. The Morgan fingerprint density at radius 1 is 1.42 bits per heavy atom. The van der Waals surface area contributed by atoms with Crippen LogP contribution in [0.2, 0.25) is 0 Å². The number of rotatable bonds is 5. The first-order valence-corrected chi connectivity index (χ1v) is 4.52. The minimum absolute atomic E-state index is 0.107. The maximum absolute atomic E-state index is 11.2. The van der Waals surface area contributed by atoms with Crippen LogP contribution in [0.1, 0.15) is 40.5 Å². The summed E-state index contributed by atoms with van der Waals surface area (Å²) in [7, 11) is 0. The maximum Gasteiger partial charge on any atom is 0.135 e. The number of aliphatic hydroxyl groups excluding tert-OH is 1. The molecule has 0 rings (SSSR count). The predicted octanol–water partition coefficient (Wildman–Crippen LogP) is 2.01. The van der Waals surface area contributed by atoms with Crippen molar-refractivity contribution < 1.29 is 9.90 Å². The zero-order valence-electron chi connectivity index (χ0n) is 8.55. The molecule has 0 amide bonds. The first-order valence-electron chi connectivity index (χ1n) is 4.52. The molecule has 0 aliphatic rings. The van der Waals surface area contributed by atoms with E-state index < -0.39 is 0 Å². The summed E-state index contributed by atoms with van der Waals surface area (Å²) in [6.45, 7) is 7.92. The number of Topliss-reactive ketones (excluding diaryl/α,β-unsaturated/α-hetero) is 1. The third kappa shape index (κ3) is 4.50. The summed E-state index contributed by atoms with van der Waals surface area (Å²) < 4.78 is 0. The average molecular weight is 172 g/mol. The van der Waals surface area contributed by atoms with Crippen LogP contribution >= 0.6 is 0 Å². The fourth-order valence-electron chi connectivity index (χ4n) is 0.829. The second-order valence-electron chi connectivity index (χ2n) is 4.44. The van der Waals surface area contributed by atoms with Gasteiger partial charge >= 0.3 is 0 Å². The molecular formula is C10H20O2. The molecule has 0 aromatic carbocycles. The molecule has 0 saturated carbocycles. The smallest absolute Gasteiger partial charge is 0.135 e. The van der Waals surface area contributed by atoms with Gasteiger partial charge in [0.15, 0.2) is 0 Å². The molecule has 0 aromatic rings. The van der Waals surface area contributed by atoms with Gasteiger partial charge in [0, 0.05) is 18.9 Å². The molecule has 0 spiro atoms. The lowest BCUT2D eigenvalue weighted by Crippen LogP contribution is -2.19. The van der Waals surface area contributed by atoms with Crippen molar-refractivity contribution in [3.8, 4) is 0 Å². The molecule has 0 aliphatic heterocycles. The van der Waals surface area contributed by atoms with Crippen LogP contribution in [-0.2, 0) is 4.79 Å². The van der Waals surface area contributed by atoms with Crippen LogP contribution in [0.4, 0.5) is 0 Å². The highest BCUT2D eigenvalue weighted by molar-refractivity contribution is 5.80. The van der Waals surface area contributed by atoms with Gasteiger partial charge in [-0.2, -0.15) is 0 Å². The van der Waals surface area contributed by atoms with Crippen LogP contribution in [0.25, 0.3) is 0 Å². The van der Waals surface area contributed by atoms with Gasteiger partial charge in [-0.1, -0.05) is 27.7 Å². The van der Waals surface area contributed by atoms with E-state index in [1.54, 1.807) is 0 Å². The second-order valence-corrected chi connectivity index (χ2v) is 4.44. The molecule has 0 aromatic heterocycles. The molecule has 0 saturated heterocycles. The predicted molar refractivity (Wildman–Crippen MR) is 49.9 cm³/mol. The Morgan fingerprint density at radius 3 is 2.25 bits per heavy atom. The Labute approximate surface area is 75.0 Å². The van der Waals surface area contributed by atoms with Crippen LogP contribution in [0.3, 0.4) is 0 Å². The number of carbonyl (C=O) groups excluding carboxylic acids is 1. The zero-order valence-corrected chi connectivity index (χ0v) is 8.55. The molecule has 0 heterocycles. The molecule has 0 bridgehead atoms. The summed E-state index contributed by atoms with van der Waals surface area (Å²) in [5, 5.41) is 8.93. The molecule has 0 unspecified atom stereocenters. The lowest BCUT2D eigenvalue weighted by Gasteiger charge is -2.21. The molecule has 0 fully saturated rings. The van der Waals surface area contributed by atoms with Crippen LogP contribution < -0.4 is 0 Å². The molecule has 2 heteroatoms. The van der Waals surface area contributed by atoms with Gasteiger partial charge in [-0.3, -0.25) is 4.79 Å². The third-order valence-electron chi connectivity index (χ3n) is 2.12. The molecule has 72 valence electrons. The van der Waals surface area contributed by atoms with Gasteiger partial charge in [0.2, 0.25) is 0 Å². The van der Waals surface area contributed by atoms with Crippen LogP contribution in [0.5, 0.6) is 0 Å². The Hall–Kier alpha value is -0.370. The van der Waals surface area contributed by atoms with E-state index in [9.17, 15) is 4.79 Å². The number of hydrogen-bond donors (Lipinski definition) is 1. The Kier molecular flexibility index (Phi) is 4.46. The van der Waals surface area contributed by atoms with Crippen molar-refractivity contribution in [1.82, 2.24) is 0 Å². The topological polar surface area (TPSA) is 37.3 Å². The molecule has 0 radical (unpaired) electrons. The number of aliphatic hydroxyl groups is 1. The van der Waals surface area contributed by atoms with E-state index in [4.69, 9.17) is 5.11 Å². The summed E-state index contributed by atoms with van der Waals surface area (Å²) >= 11 is 0. The zero-order chi connectivity index (χ0) is 9.78. The van der Waals surface area contributed by atoms with E-state index in [1.807, 2.05) is 27.7 Å². The van der Waals surface area contributed by atoms with Gasteiger partial charge in [0.25, 0.3) is 0 Å². The molecule has 0 atom stereocenters. The maximum atomic E-state index is 11.2. The van der Waals surface area contributed by atoms with Crippen molar-refractivity contribution in [2.45, 2.75) is 40.5 Å². The Bertz CT molecular complexity index is 148. The molecule has 2 nitrogen and oxygen atoms in total. The van der Waals surface area contributed by atoms with Gasteiger partial charge in [0.1, 0.15) is 5.78 Å². The number of ketones is 1. The van der Waals surface area contributed by atoms with Crippen molar-refractivity contribution in [3.63, 3.8) is 0 Å².